The van der Waals surface area contributed by atoms with Crippen LogP contribution in [-0.4, -0.2) is 58.8 Å². The largest absolute Gasteiger partial charge is 0.444 e. The van der Waals surface area contributed by atoms with Crippen molar-refractivity contribution in [2.45, 2.75) is 91.0 Å². The fourth-order valence-corrected chi connectivity index (χ4v) is 3.86. The second kappa shape index (κ2) is 12.2. The monoisotopic (exact) mass is 475 g/mol. The number of aryl methyl sites for hydroxylation is 1. The van der Waals surface area contributed by atoms with E-state index in [0.717, 1.165) is 31.2 Å². The maximum Gasteiger partial charge on any atom is 0.408 e. The van der Waals surface area contributed by atoms with E-state index in [9.17, 15) is 19.5 Å². The van der Waals surface area contributed by atoms with Crippen LogP contribution in [0.25, 0.3) is 0 Å². The average Bonchev–Trinajstić information content (AvgIpc) is 3.48. The van der Waals surface area contributed by atoms with Crippen molar-refractivity contribution in [1.29, 1.82) is 0 Å². The van der Waals surface area contributed by atoms with Crippen molar-refractivity contribution >= 4 is 17.9 Å². The number of unbranched alkanes of at least 4 members (excludes halogenated alkanes) is 2. The second-order valence-corrected chi connectivity index (χ2v) is 10.2. The molecule has 0 bridgehead atoms. The lowest BCUT2D eigenvalue weighted by atomic mass is 10.0. The van der Waals surface area contributed by atoms with Gasteiger partial charge in [-0.25, -0.2) is 4.79 Å². The minimum Gasteiger partial charge on any atom is -0.444 e. The average molecular weight is 476 g/mol. The van der Waals surface area contributed by atoms with Gasteiger partial charge in [0.25, 0.3) is 0 Å². The van der Waals surface area contributed by atoms with Gasteiger partial charge in [0.05, 0.1) is 6.61 Å². The van der Waals surface area contributed by atoms with Crippen LogP contribution in [0.15, 0.2) is 24.3 Å². The number of hydrogen-bond donors (Lipinski definition) is 3. The van der Waals surface area contributed by atoms with E-state index in [-0.39, 0.29) is 17.9 Å². The number of nitrogens with zero attached hydrogens (tertiary/aromatic N) is 1. The van der Waals surface area contributed by atoms with Crippen LogP contribution in [0.1, 0.15) is 77.5 Å². The molecule has 3 N–H and O–H groups in total. The number of carbonyl (C=O) groups is 3. The Kier molecular flexibility index (Phi) is 9.91. The lowest BCUT2D eigenvalue weighted by molar-refractivity contribution is -0.144. The van der Waals surface area contributed by atoms with E-state index in [1.54, 1.807) is 25.7 Å². The van der Waals surface area contributed by atoms with E-state index >= 15 is 0 Å². The van der Waals surface area contributed by atoms with E-state index in [2.05, 4.69) is 17.6 Å². The molecular formula is C26H41N3O5. The van der Waals surface area contributed by atoms with E-state index in [4.69, 9.17) is 4.74 Å². The van der Waals surface area contributed by atoms with Gasteiger partial charge in [-0.05, 0) is 52.0 Å². The zero-order valence-electron chi connectivity index (χ0n) is 21.4. The summed E-state index contributed by atoms with van der Waals surface area (Å²) in [7, 11) is 0. The zero-order valence-corrected chi connectivity index (χ0v) is 21.4. The summed E-state index contributed by atoms with van der Waals surface area (Å²) in [6, 6.07) is 5.29. The SMILES string of the molecule is CCCCCNC(=O)C(c1ccc(C)cc1)N(C(=O)C(CO)NC(=O)OC(C)(C)C)C1CC1C. The highest BCUT2D eigenvalue weighted by atomic mass is 16.6. The van der Waals surface area contributed by atoms with Gasteiger partial charge in [0.2, 0.25) is 11.8 Å². The van der Waals surface area contributed by atoms with E-state index in [1.807, 2.05) is 38.1 Å². The van der Waals surface area contributed by atoms with Gasteiger partial charge < -0.3 is 25.4 Å². The van der Waals surface area contributed by atoms with E-state index in [1.165, 1.54) is 0 Å². The third kappa shape index (κ3) is 8.01. The molecule has 1 aliphatic rings. The van der Waals surface area contributed by atoms with Crippen molar-refractivity contribution in [3.05, 3.63) is 35.4 Å². The number of nitrogens with one attached hydrogen (secondary N) is 2. The van der Waals surface area contributed by atoms with Gasteiger partial charge >= 0.3 is 6.09 Å². The first-order chi connectivity index (χ1) is 16.0. The molecule has 4 atom stereocenters. The van der Waals surface area contributed by atoms with Crippen molar-refractivity contribution in [2.75, 3.05) is 13.2 Å². The van der Waals surface area contributed by atoms with Gasteiger partial charge in [-0.15, -0.1) is 0 Å². The van der Waals surface area contributed by atoms with Crippen LogP contribution >= 0.6 is 0 Å². The number of benzene rings is 1. The normalized spacial score (nSPS) is 19.0. The number of rotatable bonds is 11. The molecule has 0 spiro atoms. The van der Waals surface area contributed by atoms with Gasteiger partial charge in [0.1, 0.15) is 17.7 Å². The van der Waals surface area contributed by atoms with Gasteiger partial charge in [0.15, 0.2) is 0 Å². The molecule has 3 amide bonds. The third-order valence-corrected chi connectivity index (χ3v) is 5.85. The Morgan fingerprint density at radius 2 is 1.79 bits per heavy atom. The summed E-state index contributed by atoms with van der Waals surface area (Å²) in [6.07, 6.45) is 2.86. The molecule has 1 fully saturated rings. The van der Waals surface area contributed by atoms with Crippen molar-refractivity contribution in [1.82, 2.24) is 15.5 Å². The minimum atomic E-state index is -1.22. The van der Waals surface area contributed by atoms with Crippen LogP contribution in [-0.2, 0) is 14.3 Å². The number of aliphatic hydroxyl groups excluding tert-OH is 1. The van der Waals surface area contributed by atoms with Gasteiger partial charge in [-0.3, -0.25) is 9.59 Å². The number of alkyl carbamates (subject to hydrolysis) is 1. The summed E-state index contributed by atoms with van der Waals surface area (Å²) < 4.78 is 5.27. The maximum absolute atomic E-state index is 13.7. The zero-order chi connectivity index (χ0) is 25.5. The molecule has 4 unspecified atom stereocenters. The predicted molar refractivity (Wildman–Crippen MR) is 131 cm³/mol. The highest BCUT2D eigenvalue weighted by Crippen LogP contribution is 2.40. The lowest BCUT2D eigenvalue weighted by Gasteiger charge is -2.34. The molecule has 2 rings (SSSR count). The number of amides is 3. The molecule has 8 heteroatoms. The van der Waals surface area contributed by atoms with Crippen LogP contribution in [0.4, 0.5) is 4.79 Å². The lowest BCUT2D eigenvalue weighted by Crippen LogP contribution is -2.55. The standard InChI is InChI=1S/C26H41N3O5/c1-7-8-9-14-27-23(31)22(19-12-10-17(2)11-13-19)29(21-15-18(21)3)24(32)20(16-30)28-25(33)34-26(4,5)6/h10-13,18,20-22,30H,7-9,14-16H2,1-6H3,(H,27,31)(H,28,33). The van der Waals surface area contributed by atoms with Crippen LogP contribution in [0.5, 0.6) is 0 Å². The molecule has 0 saturated heterocycles. The summed E-state index contributed by atoms with van der Waals surface area (Å²) in [6.45, 7) is 11.2. The number of hydrogen-bond acceptors (Lipinski definition) is 5. The van der Waals surface area contributed by atoms with Crippen LogP contribution in [0, 0.1) is 12.8 Å². The molecule has 0 aliphatic heterocycles. The topological polar surface area (TPSA) is 108 Å². The maximum atomic E-state index is 13.7. The third-order valence-electron chi connectivity index (χ3n) is 5.85. The Morgan fingerprint density at radius 3 is 2.29 bits per heavy atom. The first-order valence-corrected chi connectivity index (χ1v) is 12.2. The summed E-state index contributed by atoms with van der Waals surface area (Å²) in [5.74, 6) is -0.552. The first kappa shape index (κ1) is 27.6. The van der Waals surface area contributed by atoms with Crippen LogP contribution in [0.2, 0.25) is 0 Å². The fraction of sp³-hybridized carbons (Fsp3) is 0.654. The van der Waals surface area contributed by atoms with Crippen molar-refractivity contribution in [3.8, 4) is 0 Å². The summed E-state index contributed by atoms with van der Waals surface area (Å²) in [5.41, 5.74) is 0.990. The molecule has 0 aromatic heterocycles. The van der Waals surface area contributed by atoms with E-state index in [0.29, 0.717) is 12.1 Å². The molecule has 1 aliphatic carbocycles. The fourth-order valence-electron chi connectivity index (χ4n) is 3.86. The molecule has 0 heterocycles. The van der Waals surface area contributed by atoms with Crippen molar-refractivity contribution < 1.29 is 24.2 Å². The minimum absolute atomic E-state index is 0.158. The molecule has 1 aromatic carbocycles. The molecular weight excluding hydrogens is 434 g/mol. The van der Waals surface area contributed by atoms with Gasteiger partial charge in [0, 0.05) is 12.6 Å². The summed E-state index contributed by atoms with van der Waals surface area (Å²) in [5, 5.41) is 15.4. The molecule has 8 nitrogen and oxygen atoms in total. The molecule has 1 saturated carbocycles. The Bertz CT molecular complexity index is 834. The summed E-state index contributed by atoms with van der Waals surface area (Å²) in [4.78, 5) is 41.0. The van der Waals surface area contributed by atoms with Crippen molar-refractivity contribution in [3.63, 3.8) is 0 Å². The van der Waals surface area contributed by atoms with Crippen LogP contribution < -0.4 is 10.6 Å². The van der Waals surface area contributed by atoms with Gasteiger partial charge in [-0.1, -0.05) is 56.5 Å². The highest BCUT2D eigenvalue weighted by molar-refractivity contribution is 5.92. The molecule has 190 valence electrons. The Balaban J connectivity index is 2.34. The number of ether oxygens (including phenoxy) is 1. The Labute approximate surface area is 203 Å². The quantitative estimate of drug-likeness (QED) is 0.425. The summed E-state index contributed by atoms with van der Waals surface area (Å²) >= 11 is 0. The predicted octanol–water partition coefficient (Wildman–Crippen LogP) is 3.47. The molecule has 1 aromatic rings. The van der Waals surface area contributed by atoms with Crippen LogP contribution in [0.3, 0.4) is 0 Å². The molecule has 34 heavy (non-hydrogen) atoms. The Hall–Kier alpha value is -2.61. The smallest absolute Gasteiger partial charge is 0.408 e. The first-order valence-electron chi connectivity index (χ1n) is 12.2. The van der Waals surface area contributed by atoms with Crippen molar-refractivity contribution in [2.24, 2.45) is 5.92 Å². The van der Waals surface area contributed by atoms with Gasteiger partial charge in [-0.2, -0.15) is 0 Å². The Morgan fingerprint density at radius 1 is 1.18 bits per heavy atom. The number of aliphatic hydroxyl groups is 1. The second-order valence-electron chi connectivity index (χ2n) is 10.2. The van der Waals surface area contributed by atoms with E-state index < -0.39 is 36.3 Å². The highest BCUT2D eigenvalue weighted by Gasteiger charge is 2.48. The molecule has 0 radical (unpaired) electrons. The number of carbonyl (C=O) groups excluding carboxylic acids is 3.